The largest absolute Gasteiger partial charge is 0.381 e. The molecule has 1 amide bonds. The van der Waals surface area contributed by atoms with Crippen LogP contribution in [0.25, 0.3) is 0 Å². The summed E-state index contributed by atoms with van der Waals surface area (Å²) in [4.78, 5) is 12.4. The molecule has 3 rings (SSSR count). The third-order valence-electron chi connectivity index (χ3n) is 3.92. The minimum atomic E-state index is -0.0806. The van der Waals surface area contributed by atoms with Gasteiger partial charge in [0, 0.05) is 38.0 Å². The topological polar surface area (TPSA) is 84.8 Å². The first-order valence-corrected chi connectivity index (χ1v) is 7.60. The van der Waals surface area contributed by atoms with Gasteiger partial charge in [0.05, 0.1) is 24.1 Å². The molecule has 0 saturated carbocycles. The predicted molar refractivity (Wildman–Crippen MR) is 80.5 cm³/mol. The van der Waals surface area contributed by atoms with Crippen molar-refractivity contribution in [2.75, 3.05) is 19.8 Å². The van der Waals surface area contributed by atoms with E-state index in [0.717, 1.165) is 25.3 Å². The van der Waals surface area contributed by atoms with Gasteiger partial charge in [0.1, 0.15) is 0 Å². The number of aromatic nitrogens is 4. The van der Waals surface area contributed by atoms with E-state index in [1.54, 1.807) is 12.4 Å². The highest BCUT2D eigenvalue weighted by molar-refractivity contribution is 5.95. The number of amides is 1. The van der Waals surface area contributed by atoms with E-state index < -0.39 is 0 Å². The summed E-state index contributed by atoms with van der Waals surface area (Å²) < 4.78 is 7.25. The molecular weight excluding hydrogens is 282 g/mol. The van der Waals surface area contributed by atoms with E-state index in [9.17, 15) is 4.79 Å². The quantitative estimate of drug-likeness (QED) is 0.839. The number of hydrogen-bond acceptors (Lipinski definition) is 4. The molecule has 0 unspecified atom stereocenters. The maximum absolute atomic E-state index is 12.4. The van der Waals surface area contributed by atoms with Crippen molar-refractivity contribution < 1.29 is 9.53 Å². The van der Waals surface area contributed by atoms with E-state index in [4.69, 9.17) is 4.74 Å². The fraction of sp³-hybridized carbons (Fsp3) is 0.533. The molecule has 1 fully saturated rings. The van der Waals surface area contributed by atoms with Crippen LogP contribution in [0.15, 0.2) is 24.7 Å². The van der Waals surface area contributed by atoms with Gasteiger partial charge < -0.3 is 10.1 Å². The molecule has 0 spiro atoms. The van der Waals surface area contributed by atoms with Gasteiger partial charge in [0.25, 0.3) is 5.91 Å². The number of ether oxygens (including phenoxy) is 1. The first-order chi connectivity index (χ1) is 10.7. The number of rotatable bonds is 6. The van der Waals surface area contributed by atoms with Crippen LogP contribution >= 0.6 is 0 Å². The van der Waals surface area contributed by atoms with Gasteiger partial charge in [0.2, 0.25) is 0 Å². The van der Waals surface area contributed by atoms with E-state index in [1.807, 2.05) is 16.9 Å². The Morgan fingerprint density at radius 3 is 3.27 bits per heavy atom. The highest BCUT2D eigenvalue weighted by atomic mass is 16.5. The smallest absolute Gasteiger partial charge is 0.254 e. The van der Waals surface area contributed by atoms with Crippen LogP contribution in [0.4, 0.5) is 0 Å². The van der Waals surface area contributed by atoms with Crippen molar-refractivity contribution in [1.82, 2.24) is 25.3 Å². The SMILES string of the molecule is C[C@@H](CNC(=O)c1cn[nH]c1[C@@H]1CCOC1)Cn1cccn1. The second kappa shape index (κ2) is 6.74. The predicted octanol–water partition coefficient (Wildman–Crippen LogP) is 1.18. The molecule has 3 heterocycles. The van der Waals surface area contributed by atoms with E-state index in [-0.39, 0.29) is 11.8 Å². The molecule has 0 aromatic carbocycles. The fourth-order valence-corrected chi connectivity index (χ4v) is 2.70. The molecule has 2 aromatic heterocycles. The van der Waals surface area contributed by atoms with E-state index in [1.165, 1.54) is 0 Å². The highest BCUT2D eigenvalue weighted by Crippen LogP contribution is 2.25. The highest BCUT2D eigenvalue weighted by Gasteiger charge is 2.25. The summed E-state index contributed by atoms with van der Waals surface area (Å²) in [5.74, 6) is 0.460. The zero-order valence-corrected chi connectivity index (χ0v) is 12.7. The molecule has 0 bridgehead atoms. The molecule has 2 atom stereocenters. The van der Waals surface area contributed by atoms with Crippen LogP contribution in [0.5, 0.6) is 0 Å². The van der Waals surface area contributed by atoms with Gasteiger partial charge in [-0.1, -0.05) is 6.92 Å². The van der Waals surface area contributed by atoms with Crippen molar-refractivity contribution in [1.29, 1.82) is 0 Å². The maximum atomic E-state index is 12.4. The zero-order chi connectivity index (χ0) is 15.4. The molecule has 1 saturated heterocycles. The number of nitrogens with zero attached hydrogens (tertiary/aromatic N) is 3. The molecule has 7 heteroatoms. The van der Waals surface area contributed by atoms with Crippen molar-refractivity contribution in [3.8, 4) is 0 Å². The number of carbonyl (C=O) groups is 1. The van der Waals surface area contributed by atoms with Crippen molar-refractivity contribution in [3.05, 3.63) is 35.9 Å². The normalized spacial score (nSPS) is 19.2. The van der Waals surface area contributed by atoms with Crippen LogP contribution in [0.2, 0.25) is 0 Å². The lowest BCUT2D eigenvalue weighted by Gasteiger charge is -2.13. The average Bonchev–Trinajstić information content (AvgIpc) is 3.23. The zero-order valence-electron chi connectivity index (χ0n) is 12.7. The first-order valence-electron chi connectivity index (χ1n) is 7.60. The van der Waals surface area contributed by atoms with Crippen molar-refractivity contribution in [2.45, 2.75) is 25.8 Å². The number of hydrogen-bond donors (Lipinski definition) is 2. The summed E-state index contributed by atoms with van der Waals surface area (Å²) in [6, 6.07) is 1.90. The summed E-state index contributed by atoms with van der Waals surface area (Å²) in [5.41, 5.74) is 1.51. The minimum Gasteiger partial charge on any atom is -0.381 e. The van der Waals surface area contributed by atoms with E-state index >= 15 is 0 Å². The van der Waals surface area contributed by atoms with E-state index in [0.29, 0.717) is 24.6 Å². The second-order valence-corrected chi connectivity index (χ2v) is 5.80. The maximum Gasteiger partial charge on any atom is 0.254 e. The molecule has 118 valence electrons. The summed E-state index contributed by atoms with van der Waals surface area (Å²) in [7, 11) is 0. The summed E-state index contributed by atoms with van der Waals surface area (Å²) in [6.45, 7) is 4.86. The van der Waals surface area contributed by atoms with Gasteiger partial charge in [-0.3, -0.25) is 14.6 Å². The molecule has 2 N–H and O–H groups in total. The van der Waals surface area contributed by atoms with Crippen molar-refractivity contribution in [3.63, 3.8) is 0 Å². The number of H-pyrrole nitrogens is 1. The number of carbonyl (C=O) groups excluding carboxylic acids is 1. The van der Waals surface area contributed by atoms with Gasteiger partial charge in [-0.15, -0.1) is 0 Å². The van der Waals surface area contributed by atoms with Gasteiger partial charge in [-0.25, -0.2) is 0 Å². The lowest BCUT2D eigenvalue weighted by Crippen LogP contribution is -2.30. The lowest BCUT2D eigenvalue weighted by atomic mass is 10.0. The summed E-state index contributed by atoms with van der Waals surface area (Å²) in [6.07, 6.45) is 6.21. The first kappa shape index (κ1) is 14.8. The lowest BCUT2D eigenvalue weighted by molar-refractivity contribution is 0.0945. The molecule has 0 radical (unpaired) electrons. The Balaban J connectivity index is 1.54. The third kappa shape index (κ3) is 3.36. The third-order valence-corrected chi connectivity index (χ3v) is 3.92. The average molecular weight is 303 g/mol. The van der Waals surface area contributed by atoms with E-state index in [2.05, 4.69) is 27.5 Å². The Hall–Kier alpha value is -2.15. The summed E-state index contributed by atoms with van der Waals surface area (Å²) in [5, 5.41) is 14.1. The molecule has 2 aromatic rings. The minimum absolute atomic E-state index is 0.0806. The Bertz CT molecular complexity index is 601. The fourth-order valence-electron chi connectivity index (χ4n) is 2.70. The van der Waals surface area contributed by atoms with Crippen LogP contribution in [-0.4, -0.2) is 45.6 Å². The van der Waals surface area contributed by atoms with Gasteiger partial charge in [-0.05, 0) is 18.4 Å². The Morgan fingerprint density at radius 1 is 1.64 bits per heavy atom. The molecular formula is C15H21N5O2. The Labute approximate surface area is 129 Å². The number of nitrogens with one attached hydrogen (secondary N) is 2. The molecule has 1 aliphatic heterocycles. The van der Waals surface area contributed by atoms with Crippen molar-refractivity contribution >= 4 is 5.91 Å². The van der Waals surface area contributed by atoms with Crippen LogP contribution in [-0.2, 0) is 11.3 Å². The molecule has 22 heavy (non-hydrogen) atoms. The van der Waals surface area contributed by atoms with Crippen LogP contribution in [0.1, 0.15) is 35.3 Å². The van der Waals surface area contributed by atoms with Crippen molar-refractivity contribution in [2.24, 2.45) is 5.92 Å². The molecule has 0 aliphatic carbocycles. The van der Waals surface area contributed by atoms with Crippen LogP contribution in [0.3, 0.4) is 0 Å². The summed E-state index contributed by atoms with van der Waals surface area (Å²) >= 11 is 0. The second-order valence-electron chi connectivity index (χ2n) is 5.80. The van der Waals surface area contributed by atoms with Gasteiger partial charge in [-0.2, -0.15) is 10.2 Å². The monoisotopic (exact) mass is 303 g/mol. The van der Waals surface area contributed by atoms with Crippen LogP contribution < -0.4 is 5.32 Å². The van der Waals surface area contributed by atoms with Gasteiger partial charge in [0.15, 0.2) is 0 Å². The Morgan fingerprint density at radius 2 is 2.55 bits per heavy atom. The molecule has 7 nitrogen and oxygen atoms in total. The van der Waals surface area contributed by atoms with Gasteiger partial charge >= 0.3 is 0 Å². The standard InChI is InChI=1S/C15H21N5O2/c1-11(9-20-5-2-4-18-20)7-16-15(21)13-8-17-19-14(13)12-3-6-22-10-12/h2,4-5,8,11-12H,3,6-7,9-10H2,1H3,(H,16,21)(H,17,19)/t11-,12+/m0/s1. The van der Waals surface area contributed by atoms with Crippen LogP contribution in [0, 0.1) is 5.92 Å². The molecule has 1 aliphatic rings. The Kier molecular flexibility index (Phi) is 4.53. The number of aromatic amines is 1.